The van der Waals surface area contributed by atoms with Gasteiger partial charge in [-0.15, -0.1) is 0 Å². The second-order valence-corrected chi connectivity index (χ2v) is 5.12. The summed E-state index contributed by atoms with van der Waals surface area (Å²) in [5.41, 5.74) is 11.4. The van der Waals surface area contributed by atoms with Crippen LogP contribution in [-0.4, -0.2) is 9.78 Å². The Bertz CT molecular complexity index is 558. The van der Waals surface area contributed by atoms with Crippen LogP contribution in [0, 0.1) is 13.8 Å². The molecule has 0 atom stereocenters. The number of hydrogen-bond donors (Lipinski definition) is 1. The van der Waals surface area contributed by atoms with Gasteiger partial charge in [-0.05, 0) is 37.1 Å². The molecule has 0 spiro atoms. The van der Waals surface area contributed by atoms with Crippen molar-refractivity contribution in [2.45, 2.75) is 20.4 Å². The number of nitrogens with zero attached hydrogens (tertiary/aromatic N) is 2. The molecule has 0 fully saturated rings. The van der Waals surface area contributed by atoms with Gasteiger partial charge in [-0.1, -0.05) is 22.0 Å². The zero-order valence-electron chi connectivity index (χ0n) is 10.3. The van der Waals surface area contributed by atoms with E-state index in [1.54, 1.807) is 0 Å². The second-order valence-electron chi connectivity index (χ2n) is 4.21. The van der Waals surface area contributed by atoms with Crippen molar-refractivity contribution in [2.24, 2.45) is 12.8 Å². The first-order valence-electron chi connectivity index (χ1n) is 5.53. The molecule has 0 aliphatic rings. The van der Waals surface area contributed by atoms with E-state index in [9.17, 15) is 0 Å². The summed E-state index contributed by atoms with van der Waals surface area (Å²) < 4.78 is 2.99. The monoisotopic (exact) mass is 293 g/mol. The van der Waals surface area contributed by atoms with E-state index in [1.165, 1.54) is 11.1 Å². The molecule has 1 aromatic heterocycles. The predicted molar refractivity (Wildman–Crippen MR) is 73.7 cm³/mol. The van der Waals surface area contributed by atoms with Gasteiger partial charge in [0.1, 0.15) is 0 Å². The van der Waals surface area contributed by atoms with Crippen molar-refractivity contribution in [3.63, 3.8) is 0 Å². The maximum atomic E-state index is 5.69. The van der Waals surface area contributed by atoms with Gasteiger partial charge in [0.2, 0.25) is 0 Å². The minimum absolute atomic E-state index is 0.479. The first kappa shape index (κ1) is 12.3. The van der Waals surface area contributed by atoms with Crippen molar-refractivity contribution in [2.75, 3.05) is 0 Å². The van der Waals surface area contributed by atoms with Crippen LogP contribution in [0.15, 0.2) is 22.7 Å². The van der Waals surface area contributed by atoms with Crippen LogP contribution in [0.5, 0.6) is 0 Å². The summed E-state index contributed by atoms with van der Waals surface area (Å²) in [6.45, 7) is 4.66. The van der Waals surface area contributed by atoms with Gasteiger partial charge in [0.05, 0.1) is 11.4 Å². The smallest absolute Gasteiger partial charge is 0.0795 e. The van der Waals surface area contributed by atoms with Crippen LogP contribution in [0.2, 0.25) is 0 Å². The molecule has 0 aliphatic carbocycles. The molecule has 17 heavy (non-hydrogen) atoms. The van der Waals surface area contributed by atoms with Gasteiger partial charge < -0.3 is 5.73 Å². The van der Waals surface area contributed by atoms with E-state index < -0.39 is 0 Å². The van der Waals surface area contributed by atoms with Crippen molar-refractivity contribution in [3.05, 3.63) is 39.5 Å². The lowest BCUT2D eigenvalue weighted by Crippen LogP contribution is -1.99. The SMILES string of the molecule is Cc1ccc(Br)cc1-c1c(C)c(CN)nn1C. The normalized spacial score (nSPS) is 10.9. The lowest BCUT2D eigenvalue weighted by atomic mass is 10.0. The first-order valence-corrected chi connectivity index (χ1v) is 6.33. The maximum Gasteiger partial charge on any atom is 0.0795 e. The van der Waals surface area contributed by atoms with Crippen molar-refractivity contribution >= 4 is 15.9 Å². The number of halogens is 1. The molecule has 0 bridgehead atoms. The summed E-state index contributed by atoms with van der Waals surface area (Å²) in [6, 6.07) is 6.28. The third-order valence-electron chi connectivity index (χ3n) is 3.03. The highest BCUT2D eigenvalue weighted by Crippen LogP contribution is 2.30. The fourth-order valence-corrected chi connectivity index (χ4v) is 2.47. The van der Waals surface area contributed by atoms with Crippen molar-refractivity contribution in [3.8, 4) is 11.3 Å². The molecule has 0 amide bonds. The first-order chi connectivity index (χ1) is 8.04. The number of benzene rings is 1. The number of aromatic nitrogens is 2. The number of rotatable bonds is 2. The van der Waals surface area contributed by atoms with Crippen molar-refractivity contribution in [1.29, 1.82) is 0 Å². The molecule has 3 nitrogen and oxygen atoms in total. The zero-order chi connectivity index (χ0) is 12.6. The minimum Gasteiger partial charge on any atom is -0.325 e. The lowest BCUT2D eigenvalue weighted by molar-refractivity contribution is 0.749. The molecule has 2 N–H and O–H groups in total. The highest BCUT2D eigenvalue weighted by molar-refractivity contribution is 9.10. The quantitative estimate of drug-likeness (QED) is 0.925. The van der Waals surface area contributed by atoms with Gasteiger partial charge in [0.25, 0.3) is 0 Å². The van der Waals surface area contributed by atoms with Crippen LogP contribution in [0.25, 0.3) is 11.3 Å². The summed E-state index contributed by atoms with van der Waals surface area (Å²) in [6.07, 6.45) is 0. The molecular formula is C13H16BrN3. The average Bonchev–Trinajstić information content (AvgIpc) is 2.58. The Morgan fingerprint density at radius 2 is 2.06 bits per heavy atom. The summed E-state index contributed by atoms with van der Waals surface area (Å²) in [5.74, 6) is 0. The van der Waals surface area contributed by atoms with E-state index in [1.807, 2.05) is 17.8 Å². The molecule has 90 valence electrons. The Hall–Kier alpha value is -1.13. The Morgan fingerprint density at radius 3 is 2.65 bits per heavy atom. The van der Waals surface area contributed by atoms with Crippen LogP contribution < -0.4 is 5.73 Å². The van der Waals surface area contributed by atoms with Crippen molar-refractivity contribution < 1.29 is 0 Å². The summed E-state index contributed by atoms with van der Waals surface area (Å²) >= 11 is 3.51. The molecule has 2 aromatic rings. The van der Waals surface area contributed by atoms with Crippen LogP contribution >= 0.6 is 15.9 Å². The van der Waals surface area contributed by atoms with E-state index in [0.29, 0.717) is 6.54 Å². The highest BCUT2D eigenvalue weighted by atomic mass is 79.9. The van der Waals surface area contributed by atoms with Crippen LogP contribution in [-0.2, 0) is 13.6 Å². The largest absolute Gasteiger partial charge is 0.325 e. The average molecular weight is 294 g/mol. The highest BCUT2D eigenvalue weighted by Gasteiger charge is 2.14. The van der Waals surface area contributed by atoms with Gasteiger partial charge >= 0.3 is 0 Å². The molecule has 1 aromatic carbocycles. The Labute approximate surface area is 110 Å². The second kappa shape index (κ2) is 4.63. The van der Waals surface area contributed by atoms with Crippen LogP contribution in [0.3, 0.4) is 0 Å². The van der Waals surface area contributed by atoms with Gasteiger partial charge in [-0.2, -0.15) is 5.10 Å². The third-order valence-corrected chi connectivity index (χ3v) is 3.52. The fourth-order valence-electron chi connectivity index (χ4n) is 2.11. The third kappa shape index (κ3) is 2.15. The molecule has 0 saturated carbocycles. The topological polar surface area (TPSA) is 43.8 Å². The molecule has 1 heterocycles. The van der Waals surface area contributed by atoms with Gasteiger partial charge in [0, 0.05) is 23.6 Å². The Morgan fingerprint density at radius 1 is 1.35 bits per heavy atom. The van der Waals surface area contributed by atoms with Crippen LogP contribution in [0.4, 0.5) is 0 Å². The Kier molecular flexibility index (Phi) is 3.35. The molecule has 2 rings (SSSR count). The van der Waals surface area contributed by atoms with E-state index in [-0.39, 0.29) is 0 Å². The predicted octanol–water partition coefficient (Wildman–Crippen LogP) is 2.93. The standard InChI is InChI=1S/C13H16BrN3/c1-8-4-5-10(14)6-11(8)13-9(2)12(7-15)16-17(13)3/h4-6H,7,15H2,1-3H3. The molecule has 0 aliphatic heterocycles. The van der Waals surface area contributed by atoms with E-state index in [2.05, 4.69) is 47.0 Å². The number of hydrogen-bond acceptors (Lipinski definition) is 2. The zero-order valence-corrected chi connectivity index (χ0v) is 11.9. The van der Waals surface area contributed by atoms with E-state index >= 15 is 0 Å². The van der Waals surface area contributed by atoms with Gasteiger partial charge in [0.15, 0.2) is 0 Å². The van der Waals surface area contributed by atoms with Crippen LogP contribution in [0.1, 0.15) is 16.8 Å². The summed E-state index contributed by atoms with van der Waals surface area (Å²) in [7, 11) is 1.96. The van der Waals surface area contributed by atoms with E-state index in [0.717, 1.165) is 21.4 Å². The molecular weight excluding hydrogens is 278 g/mol. The van der Waals surface area contributed by atoms with Gasteiger partial charge in [-0.25, -0.2) is 0 Å². The Balaban J connectivity index is 2.68. The fraction of sp³-hybridized carbons (Fsp3) is 0.308. The van der Waals surface area contributed by atoms with E-state index in [4.69, 9.17) is 5.73 Å². The molecule has 4 heteroatoms. The van der Waals surface area contributed by atoms with Gasteiger partial charge in [-0.3, -0.25) is 4.68 Å². The molecule has 0 unspecified atom stereocenters. The summed E-state index contributed by atoms with van der Waals surface area (Å²) in [4.78, 5) is 0. The summed E-state index contributed by atoms with van der Waals surface area (Å²) in [5, 5.41) is 4.45. The molecule has 0 saturated heterocycles. The number of aryl methyl sites for hydroxylation is 2. The minimum atomic E-state index is 0.479. The molecule has 0 radical (unpaired) electrons. The maximum absolute atomic E-state index is 5.69. The van der Waals surface area contributed by atoms with Crippen molar-refractivity contribution in [1.82, 2.24) is 9.78 Å². The lowest BCUT2D eigenvalue weighted by Gasteiger charge is -2.08. The number of nitrogens with two attached hydrogens (primary N) is 1.